The number of alkyl halides is 3. The third-order valence-electron chi connectivity index (χ3n) is 4.26. The molecule has 3 rings (SSSR count). The van der Waals surface area contributed by atoms with Crippen molar-refractivity contribution in [1.29, 1.82) is 0 Å². The number of rotatable bonds is 7. The Bertz CT molecular complexity index is 959. The van der Waals surface area contributed by atoms with Gasteiger partial charge in [-0.05, 0) is 48.7 Å². The van der Waals surface area contributed by atoms with Gasteiger partial charge in [0.25, 0.3) is 0 Å². The molecule has 3 aromatic rings. The lowest BCUT2D eigenvalue weighted by atomic mass is 10.1. The standard InChI is InChI=1S/C21H20BrF3N4/c1-2-3-6-14-7-4-5-8-18(14)28-19-17(21(23,24)25)13-26-20(29-19)27-16-11-9-15(22)10-12-16/h4-5,7-13H,2-3,6H2,1H3,(H2,26,27,28,29). The number of nitrogens with zero attached hydrogens (tertiary/aromatic N) is 2. The number of nitrogens with one attached hydrogen (secondary N) is 2. The highest BCUT2D eigenvalue weighted by Crippen LogP contribution is 2.36. The van der Waals surface area contributed by atoms with Crippen LogP contribution in [0.2, 0.25) is 0 Å². The zero-order valence-corrected chi connectivity index (χ0v) is 17.3. The molecule has 0 bridgehead atoms. The molecule has 0 saturated heterocycles. The molecule has 0 aliphatic rings. The Hall–Kier alpha value is -2.61. The fourth-order valence-electron chi connectivity index (χ4n) is 2.76. The molecule has 0 atom stereocenters. The molecule has 0 spiro atoms. The van der Waals surface area contributed by atoms with E-state index >= 15 is 0 Å². The summed E-state index contributed by atoms with van der Waals surface area (Å²) in [7, 11) is 0. The van der Waals surface area contributed by atoms with Crippen LogP contribution in [-0.2, 0) is 12.6 Å². The molecular weight excluding hydrogens is 445 g/mol. The highest BCUT2D eigenvalue weighted by molar-refractivity contribution is 9.10. The van der Waals surface area contributed by atoms with Crippen LogP contribution in [0.1, 0.15) is 30.9 Å². The zero-order valence-electron chi connectivity index (χ0n) is 15.7. The maximum absolute atomic E-state index is 13.5. The highest BCUT2D eigenvalue weighted by Gasteiger charge is 2.35. The third kappa shape index (κ3) is 5.69. The van der Waals surface area contributed by atoms with E-state index in [0.717, 1.165) is 35.5 Å². The van der Waals surface area contributed by atoms with Gasteiger partial charge in [0.05, 0.1) is 0 Å². The predicted molar refractivity (Wildman–Crippen MR) is 113 cm³/mol. The molecule has 0 aliphatic heterocycles. The van der Waals surface area contributed by atoms with E-state index in [4.69, 9.17) is 0 Å². The predicted octanol–water partition coefficient (Wildman–Crippen LogP) is 7.09. The van der Waals surface area contributed by atoms with Crippen molar-refractivity contribution >= 4 is 39.1 Å². The minimum Gasteiger partial charge on any atom is -0.339 e. The summed E-state index contributed by atoms with van der Waals surface area (Å²) in [5, 5.41) is 5.81. The van der Waals surface area contributed by atoms with Crippen LogP contribution in [0, 0.1) is 0 Å². The number of para-hydroxylation sites is 1. The lowest BCUT2D eigenvalue weighted by Gasteiger charge is -2.17. The Balaban J connectivity index is 1.94. The first-order chi connectivity index (χ1) is 13.9. The Morgan fingerprint density at radius 2 is 1.72 bits per heavy atom. The van der Waals surface area contributed by atoms with Gasteiger partial charge < -0.3 is 10.6 Å². The Morgan fingerprint density at radius 3 is 2.41 bits per heavy atom. The molecule has 0 unspecified atom stereocenters. The van der Waals surface area contributed by atoms with E-state index in [9.17, 15) is 13.2 Å². The van der Waals surface area contributed by atoms with Crippen molar-refractivity contribution in [1.82, 2.24) is 9.97 Å². The van der Waals surface area contributed by atoms with E-state index in [2.05, 4.69) is 43.5 Å². The van der Waals surface area contributed by atoms with Crippen molar-refractivity contribution in [2.24, 2.45) is 0 Å². The molecule has 152 valence electrons. The van der Waals surface area contributed by atoms with Gasteiger partial charge in [-0.1, -0.05) is 47.5 Å². The second kappa shape index (κ2) is 9.26. The SMILES string of the molecule is CCCCc1ccccc1Nc1nc(Nc2ccc(Br)cc2)ncc1C(F)(F)F. The molecule has 0 aliphatic carbocycles. The number of unbranched alkanes of at least 4 members (excludes halogenated alkanes) is 1. The quantitative estimate of drug-likeness (QED) is 0.391. The van der Waals surface area contributed by atoms with Crippen molar-refractivity contribution in [2.75, 3.05) is 10.6 Å². The van der Waals surface area contributed by atoms with E-state index in [1.54, 1.807) is 24.3 Å². The third-order valence-corrected chi connectivity index (χ3v) is 4.79. The fraction of sp³-hybridized carbons (Fsp3) is 0.238. The summed E-state index contributed by atoms with van der Waals surface area (Å²) < 4.78 is 41.4. The van der Waals surface area contributed by atoms with Crippen LogP contribution in [0.5, 0.6) is 0 Å². The minimum absolute atomic E-state index is 0.0776. The molecule has 0 amide bonds. The summed E-state index contributed by atoms with van der Waals surface area (Å²) in [6.07, 6.45) is -1.06. The molecule has 0 fully saturated rings. The zero-order chi connectivity index (χ0) is 20.9. The number of anilines is 4. The summed E-state index contributed by atoms with van der Waals surface area (Å²) in [4.78, 5) is 7.95. The van der Waals surface area contributed by atoms with Gasteiger partial charge >= 0.3 is 6.18 Å². The van der Waals surface area contributed by atoms with Crippen molar-refractivity contribution < 1.29 is 13.2 Å². The summed E-state index contributed by atoms with van der Waals surface area (Å²) in [6.45, 7) is 2.07. The van der Waals surface area contributed by atoms with Crippen LogP contribution < -0.4 is 10.6 Å². The second-order valence-electron chi connectivity index (χ2n) is 6.47. The fourth-order valence-corrected chi connectivity index (χ4v) is 3.03. The topological polar surface area (TPSA) is 49.8 Å². The van der Waals surface area contributed by atoms with E-state index in [0.29, 0.717) is 11.4 Å². The first kappa shape index (κ1) is 21.1. The monoisotopic (exact) mass is 464 g/mol. The van der Waals surface area contributed by atoms with Gasteiger partial charge in [0, 0.05) is 22.0 Å². The van der Waals surface area contributed by atoms with Crippen molar-refractivity contribution in [3.63, 3.8) is 0 Å². The molecule has 8 heteroatoms. The second-order valence-corrected chi connectivity index (χ2v) is 7.39. The van der Waals surface area contributed by atoms with Gasteiger partial charge in [0.2, 0.25) is 5.95 Å². The average molecular weight is 465 g/mol. The maximum Gasteiger partial charge on any atom is 0.421 e. The molecule has 2 aromatic carbocycles. The Morgan fingerprint density at radius 1 is 1.00 bits per heavy atom. The molecule has 2 N–H and O–H groups in total. The van der Waals surface area contributed by atoms with Gasteiger partial charge in [0.1, 0.15) is 11.4 Å². The van der Waals surface area contributed by atoms with E-state index in [1.165, 1.54) is 0 Å². The van der Waals surface area contributed by atoms with E-state index < -0.39 is 11.7 Å². The number of aromatic nitrogens is 2. The highest BCUT2D eigenvalue weighted by atomic mass is 79.9. The lowest BCUT2D eigenvalue weighted by molar-refractivity contribution is -0.137. The van der Waals surface area contributed by atoms with Crippen LogP contribution in [0.15, 0.2) is 59.2 Å². The van der Waals surface area contributed by atoms with Crippen LogP contribution in [0.25, 0.3) is 0 Å². The van der Waals surface area contributed by atoms with Crippen LogP contribution in [-0.4, -0.2) is 9.97 Å². The smallest absolute Gasteiger partial charge is 0.339 e. The van der Waals surface area contributed by atoms with Gasteiger partial charge in [-0.2, -0.15) is 18.2 Å². The number of hydrogen-bond acceptors (Lipinski definition) is 4. The molecule has 0 saturated carbocycles. The van der Waals surface area contributed by atoms with Crippen molar-refractivity contribution in [3.8, 4) is 0 Å². The van der Waals surface area contributed by atoms with Crippen LogP contribution in [0.4, 0.5) is 36.3 Å². The molecule has 4 nitrogen and oxygen atoms in total. The minimum atomic E-state index is -4.57. The Labute approximate surface area is 175 Å². The molecular formula is C21H20BrF3N4. The average Bonchev–Trinajstić information content (AvgIpc) is 2.68. The van der Waals surface area contributed by atoms with Crippen LogP contribution in [0.3, 0.4) is 0 Å². The van der Waals surface area contributed by atoms with Gasteiger partial charge in [-0.15, -0.1) is 0 Å². The lowest BCUT2D eigenvalue weighted by Crippen LogP contribution is -2.13. The Kier molecular flexibility index (Phi) is 6.74. The molecule has 0 radical (unpaired) electrons. The number of benzene rings is 2. The van der Waals surface area contributed by atoms with Gasteiger partial charge in [-0.3, -0.25) is 0 Å². The van der Waals surface area contributed by atoms with Crippen molar-refractivity contribution in [3.05, 3.63) is 70.3 Å². The molecule has 1 heterocycles. The largest absolute Gasteiger partial charge is 0.421 e. The summed E-state index contributed by atoms with van der Waals surface area (Å²) in [5.74, 6) is -0.204. The molecule has 29 heavy (non-hydrogen) atoms. The number of halogens is 4. The number of hydrogen-bond donors (Lipinski definition) is 2. The molecule has 1 aromatic heterocycles. The summed E-state index contributed by atoms with van der Waals surface area (Å²) >= 11 is 3.34. The number of aryl methyl sites for hydroxylation is 1. The first-order valence-electron chi connectivity index (χ1n) is 9.18. The van der Waals surface area contributed by atoms with Gasteiger partial charge in [0.15, 0.2) is 0 Å². The van der Waals surface area contributed by atoms with Crippen LogP contribution >= 0.6 is 15.9 Å². The summed E-state index contributed by atoms with van der Waals surface area (Å²) in [5.41, 5.74) is 1.31. The first-order valence-corrected chi connectivity index (χ1v) is 9.98. The normalized spacial score (nSPS) is 11.3. The van der Waals surface area contributed by atoms with Gasteiger partial charge in [-0.25, -0.2) is 4.98 Å². The van der Waals surface area contributed by atoms with E-state index in [-0.39, 0.29) is 11.8 Å². The maximum atomic E-state index is 13.5. The van der Waals surface area contributed by atoms with Crippen molar-refractivity contribution in [2.45, 2.75) is 32.4 Å². The summed E-state index contributed by atoms with van der Waals surface area (Å²) in [6, 6.07) is 14.5. The van der Waals surface area contributed by atoms with E-state index in [1.807, 2.05) is 24.3 Å².